The van der Waals surface area contributed by atoms with Crippen molar-refractivity contribution in [1.29, 1.82) is 0 Å². The molecule has 1 aliphatic heterocycles. The fraction of sp³-hybridized carbons (Fsp3) is 0.875. The van der Waals surface area contributed by atoms with E-state index in [1.54, 1.807) is 0 Å². The largest absolute Gasteiger partial charge is 0.480 e. The lowest BCUT2D eigenvalue weighted by Gasteiger charge is -2.19. The summed E-state index contributed by atoms with van der Waals surface area (Å²) in [5.74, 6) is -0.727. The zero-order valence-corrected chi connectivity index (χ0v) is 7.66. The van der Waals surface area contributed by atoms with Gasteiger partial charge in [-0.05, 0) is 20.5 Å². The molecular weight excluding hydrogens is 156 g/mol. The zero-order valence-electron chi connectivity index (χ0n) is 7.66. The van der Waals surface area contributed by atoms with E-state index in [-0.39, 0.29) is 6.54 Å². The third-order valence-electron chi connectivity index (χ3n) is 2.34. The molecule has 4 heteroatoms. The van der Waals surface area contributed by atoms with E-state index in [1.165, 1.54) is 0 Å². The van der Waals surface area contributed by atoms with E-state index in [2.05, 4.69) is 4.90 Å². The van der Waals surface area contributed by atoms with Gasteiger partial charge in [-0.2, -0.15) is 0 Å². The Morgan fingerprint density at radius 1 is 1.67 bits per heavy atom. The summed E-state index contributed by atoms with van der Waals surface area (Å²) in [4.78, 5) is 14.5. The standard InChI is InChI=1S/C8H16N2O2/c1-9(2)7-3-4-10(5-7)6-8(11)12/h7H,3-6H2,1-2H3,(H,11,12)/t7-/m0/s1. The van der Waals surface area contributed by atoms with Crippen molar-refractivity contribution in [1.82, 2.24) is 9.80 Å². The van der Waals surface area contributed by atoms with Gasteiger partial charge in [0, 0.05) is 19.1 Å². The SMILES string of the molecule is CN(C)[C@H]1CCN(CC(=O)O)C1. The summed E-state index contributed by atoms with van der Waals surface area (Å²) < 4.78 is 0. The average Bonchev–Trinajstić information content (AvgIpc) is 2.34. The highest BCUT2D eigenvalue weighted by Gasteiger charge is 2.24. The lowest BCUT2D eigenvalue weighted by Crippen LogP contribution is -2.33. The topological polar surface area (TPSA) is 43.8 Å². The van der Waals surface area contributed by atoms with Crippen molar-refractivity contribution in [2.75, 3.05) is 33.7 Å². The number of hydrogen-bond donors (Lipinski definition) is 1. The van der Waals surface area contributed by atoms with Gasteiger partial charge in [0.25, 0.3) is 0 Å². The Morgan fingerprint density at radius 2 is 2.33 bits per heavy atom. The fourth-order valence-corrected chi connectivity index (χ4v) is 1.57. The van der Waals surface area contributed by atoms with Crippen LogP contribution in [0, 0.1) is 0 Å². The molecule has 0 aromatic carbocycles. The third kappa shape index (κ3) is 2.46. The highest BCUT2D eigenvalue weighted by Crippen LogP contribution is 2.11. The van der Waals surface area contributed by atoms with E-state index in [0.29, 0.717) is 6.04 Å². The maximum atomic E-state index is 10.4. The van der Waals surface area contributed by atoms with Crippen LogP contribution in [0.2, 0.25) is 0 Å². The predicted molar refractivity (Wildman–Crippen MR) is 46.2 cm³/mol. The van der Waals surface area contributed by atoms with Crippen molar-refractivity contribution in [3.8, 4) is 0 Å². The number of likely N-dealkylation sites (N-methyl/N-ethyl adjacent to an activating group) is 1. The lowest BCUT2D eigenvalue weighted by molar-refractivity contribution is -0.138. The molecule has 12 heavy (non-hydrogen) atoms. The number of rotatable bonds is 3. The van der Waals surface area contributed by atoms with Crippen molar-refractivity contribution in [3.63, 3.8) is 0 Å². The second-order valence-electron chi connectivity index (χ2n) is 3.53. The van der Waals surface area contributed by atoms with E-state index in [1.807, 2.05) is 19.0 Å². The molecule has 0 saturated carbocycles. The second kappa shape index (κ2) is 3.87. The summed E-state index contributed by atoms with van der Waals surface area (Å²) in [7, 11) is 4.07. The smallest absolute Gasteiger partial charge is 0.317 e. The summed E-state index contributed by atoms with van der Waals surface area (Å²) in [5, 5.41) is 8.54. The molecule has 1 saturated heterocycles. The maximum Gasteiger partial charge on any atom is 0.317 e. The summed E-state index contributed by atoms with van der Waals surface area (Å²) in [5.41, 5.74) is 0. The van der Waals surface area contributed by atoms with E-state index >= 15 is 0 Å². The molecule has 70 valence electrons. The van der Waals surface area contributed by atoms with E-state index in [0.717, 1.165) is 19.5 Å². The van der Waals surface area contributed by atoms with Crippen LogP contribution in [0.5, 0.6) is 0 Å². The van der Waals surface area contributed by atoms with Gasteiger partial charge in [0.15, 0.2) is 0 Å². The average molecular weight is 172 g/mol. The molecule has 1 N–H and O–H groups in total. The molecule has 0 spiro atoms. The van der Waals surface area contributed by atoms with Gasteiger partial charge in [0.05, 0.1) is 6.54 Å². The van der Waals surface area contributed by atoms with Crippen molar-refractivity contribution >= 4 is 5.97 Å². The summed E-state index contributed by atoms with van der Waals surface area (Å²) >= 11 is 0. The summed E-state index contributed by atoms with van der Waals surface area (Å²) in [6.45, 7) is 1.98. The van der Waals surface area contributed by atoms with Crippen molar-refractivity contribution in [2.24, 2.45) is 0 Å². The normalized spacial score (nSPS) is 25.1. The molecule has 1 atom stereocenters. The van der Waals surface area contributed by atoms with Gasteiger partial charge in [0.1, 0.15) is 0 Å². The Bertz CT molecular complexity index is 170. The van der Waals surface area contributed by atoms with Gasteiger partial charge in [0.2, 0.25) is 0 Å². The first kappa shape index (κ1) is 9.48. The van der Waals surface area contributed by atoms with Crippen LogP contribution in [0.15, 0.2) is 0 Å². The number of aliphatic carboxylic acids is 1. The molecule has 0 aliphatic carbocycles. The van der Waals surface area contributed by atoms with Crippen LogP contribution in [0.3, 0.4) is 0 Å². The number of carboxylic acid groups (broad SMARTS) is 1. The van der Waals surface area contributed by atoms with Crippen LogP contribution in [-0.4, -0.2) is 60.6 Å². The number of hydrogen-bond acceptors (Lipinski definition) is 3. The quantitative estimate of drug-likeness (QED) is 0.635. The molecule has 0 bridgehead atoms. The molecule has 0 radical (unpaired) electrons. The minimum Gasteiger partial charge on any atom is -0.480 e. The van der Waals surface area contributed by atoms with Crippen LogP contribution in [0.4, 0.5) is 0 Å². The molecule has 4 nitrogen and oxygen atoms in total. The van der Waals surface area contributed by atoms with Crippen LogP contribution in [0.1, 0.15) is 6.42 Å². The first-order valence-corrected chi connectivity index (χ1v) is 4.20. The maximum absolute atomic E-state index is 10.4. The Hall–Kier alpha value is -0.610. The van der Waals surface area contributed by atoms with Crippen molar-refractivity contribution in [3.05, 3.63) is 0 Å². The van der Waals surface area contributed by atoms with E-state index < -0.39 is 5.97 Å². The minimum absolute atomic E-state index is 0.185. The minimum atomic E-state index is -0.727. The molecular formula is C8H16N2O2. The molecule has 1 rings (SSSR count). The van der Waals surface area contributed by atoms with Gasteiger partial charge >= 0.3 is 5.97 Å². The Balaban J connectivity index is 2.30. The van der Waals surface area contributed by atoms with Crippen LogP contribution in [-0.2, 0) is 4.79 Å². The Labute approximate surface area is 72.8 Å². The van der Waals surface area contributed by atoms with Gasteiger partial charge in [-0.15, -0.1) is 0 Å². The Kier molecular flexibility index (Phi) is 3.05. The van der Waals surface area contributed by atoms with Crippen molar-refractivity contribution in [2.45, 2.75) is 12.5 Å². The highest BCUT2D eigenvalue weighted by molar-refractivity contribution is 5.69. The third-order valence-corrected chi connectivity index (χ3v) is 2.34. The first-order chi connectivity index (χ1) is 5.59. The lowest BCUT2D eigenvalue weighted by atomic mass is 10.2. The Morgan fingerprint density at radius 3 is 2.75 bits per heavy atom. The first-order valence-electron chi connectivity index (χ1n) is 4.20. The van der Waals surface area contributed by atoms with Gasteiger partial charge in [-0.25, -0.2) is 0 Å². The fourth-order valence-electron chi connectivity index (χ4n) is 1.57. The van der Waals surface area contributed by atoms with E-state index in [4.69, 9.17) is 5.11 Å². The molecule has 0 amide bonds. The van der Waals surface area contributed by atoms with Crippen LogP contribution >= 0.6 is 0 Å². The molecule has 0 unspecified atom stereocenters. The number of carboxylic acids is 1. The number of nitrogens with zero attached hydrogens (tertiary/aromatic N) is 2. The summed E-state index contributed by atoms with van der Waals surface area (Å²) in [6.07, 6.45) is 1.08. The summed E-state index contributed by atoms with van der Waals surface area (Å²) in [6, 6.07) is 0.532. The molecule has 0 aromatic rings. The molecule has 1 heterocycles. The van der Waals surface area contributed by atoms with Crippen LogP contribution in [0.25, 0.3) is 0 Å². The highest BCUT2D eigenvalue weighted by atomic mass is 16.4. The molecule has 1 fully saturated rings. The predicted octanol–water partition coefficient (Wildman–Crippen LogP) is -0.293. The van der Waals surface area contributed by atoms with Gasteiger partial charge < -0.3 is 10.0 Å². The zero-order chi connectivity index (χ0) is 9.14. The second-order valence-corrected chi connectivity index (χ2v) is 3.53. The molecule has 0 aromatic heterocycles. The monoisotopic (exact) mass is 172 g/mol. The molecule has 1 aliphatic rings. The van der Waals surface area contributed by atoms with Gasteiger partial charge in [-0.1, -0.05) is 0 Å². The van der Waals surface area contributed by atoms with E-state index in [9.17, 15) is 4.79 Å². The van der Waals surface area contributed by atoms with Crippen molar-refractivity contribution < 1.29 is 9.90 Å². The number of likely N-dealkylation sites (tertiary alicyclic amines) is 1. The number of carbonyl (C=O) groups is 1. The van der Waals surface area contributed by atoms with Gasteiger partial charge in [-0.3, -0.25) is 9.69 Å². The van der Waals surface area contributed by atoms with Crippen LogP contribution < -0.4 is 0 Å².